The van der Waals surface area contributed by atoms with Gasteiger partial charge in [-0.05, 0) is 48.5 Å². The molecule has 146 valence electrons. The number of rotatable bonds is 7. The van der Waals surface area contributed by atoms with E-state index in [0.717, 1.165) is 0 Å². The molecular weight excluding hydrogens is 373 g/mol. The summed E-state index contributed by atoms with van der Waals surface area (Å²) in [6.07, 6.45) is 1.44. The van der Waals surface area contributed by atoms with Crippen molar-refractivity contribution in [2.24, 2.45) is 5.10 Å². The zero-order valence-electron chi connectivity index (χ0n) is 15.3. The second kappa shape index (κ2) is 9.80. The molecule has 7 heteroatoms. The quantitative estimate of drug-likeness (QED) is 0.477. The minimum absolute atomic E-state index is 0.237. The molecule has 3 aromatic rings. The summed E-state index contributed by atoms with van der Waals surface area (Å²) in [7, 11) is 0. The van der Waals surface area contributed by atoms with E-state index in [9.17, 15) is 14.0 Å². The van der Waals surface area contributed by atoms with Gasteiger partial charge < -0.3 is 10.1 Å². The number of anilines is 1. The van der Waals surface area contributed by atoms with Gasteiger partial charge in [-0.15, -0.1) is 0 Å². The molecule has 2 amide bonds. The Morgan fingerprint density at radius 1 is 0.931 bits per heavy atom. The van der Waals surface area contributed by atoms with Crippen molar-refractivity contribution in [1.82, 2.24) is 5.43 Å². The highest BCUT2D eigenvalue weighted by Crippen LogP contribution is 2.16. The average Bonchev–Trinajstić information content (AvgIpc) is 2.75. The topological polar surface area (TPSA) is 79.8 Å². The fourth-order valence-corrected chi connectivity index (χ4v) is 2.41. The Morgan fingerprint density at radius 3 is 2.38 bits per heavy atom. The lowest BCUT2D eigenvalue weighted by molar-refractivity contribution is -0.118. The predicted molar refractivity (Wildman–Crippen MR) is 108 cm³/mol. The Kier molecular flexibility index (Phi) is 6.67. The van der Waals surface area contributed by atoms with Crippen molar-refractivity contribution < 1.29 is 18.7 Å². The molecule has 3 aromatic carbocycles. The molecule has 0 aromatic heterocycles. The van der Waals surface area contributed by atoms with Gasteiger partial charge in [-0.2, -0.15) is 5.10 Å². The molecule has 0 unspecified atom stereocenters. The number of nitrogens with zero attached hydrogens (tertiary/aromatic N) is 1. The first-order valence-corrected chi connectivity index (χ1v) is 8.77. The van der Waals surface area contributed by atoms with Crippen molar-refractivity contribution in [2.75, 3.05) is 11.9 Å². The van der Waals surface area contributed by atoms with E-state index in [1.165, 1.54) is 30.5 Å². The Balaban J connectivity index is 1.56. The largest absolute Gasteiger partial charge is 0.483 e. The summed E-state index contributed by atoms with van der Waals surface area (Å²) in [5.74, 6) is -0.675. The molecule has 3 rings (SSSR count). The zero-order valence-corrected chi connectivity index (χ0v) is 15.3. The van der Waals surface area contributed by atoms with Crippen molar-refractivity contribution >= 4 is 23.7 Å². The van der Waals surface area contributed by atoms with Crippen LogP contribution >= 0.6 is 0 Å². The fourth-order valence-electron chi connectivity index (χ4n) is 2.41. The van der Waals surface area contributed by atoms with Crippen LogP contribution in [0.15, 0.2) is 84.0 Å². The number of amides is 2. The van der Waals surface area contributed by atoms with Crippen LogP contribution in [0.25, 0.3) is 0 Å². The van der Waals surface area contributed by atoms with E-state index in [4.69, 9.17) is 4.74 Å². The molecule has 0 aliphatic rings. The van der Waals surface area contributed by atoms with E-state index in [-0.39, 0.29) is 24.2 Å². The molecule has 0 bridgehead atoms. The number of carbonyl (C=O) groups is 2. The van der Waals surface area contributed by atoms with Gasteiger partial charge in [0.05, 0.1) is 6.21 Å². The molecule has 0 atom stereocenters. The van der Waals surface area contributed by atoms with Gasteiger partial charge in [0.25, 0.3) is 11.8 Å². The van der Waals surface area contributed by atoms with Gasteiger partial charge in [-0.1, -0.05) is 30.3 Å². The van der Waals surface area contributed by atoms with Crippen LogP contribution in [-0.2, 0) is 4.79 Å². The van der Waals surface area contributed by atoms with Gasteiger partial charge >= 0.3 is 0 Å². The molecule has 0 saturated heterocycles. The maximum atomic E-state index is 12.9. The summed E-state index contributed by atoms with van der Waals surface area (Å²) in [5.41, 5.74) is 4.00. The smallest absolute Gasteiger partial charge is 0.271 e. The summed E-state index contributed by atoms with van der Waals surface area (Å²) in [5, 5.41) is 6.55. The highest BCUT2D eigenvalue weighted by molar-refractivity contribution is 5.95. The number of para-hydroxylation sites is 1. The summed E-state index contributed by atoms with van der Waals surface area (Å²) in [4.78, 5) is 24.0. The first kappa shape index (κ1) is 19.8. The molecule has 6 nitrogen and oxygen atoms in total. The van der Waals surface area contributed by atoms with Crippen molar-refractivity contribution in [1.29, 1.82) is 0 Å². The van der Waals surface area contributed by atoms with Crippen LogP contribution in [0.4, 0.5) is 10.1 Å². The molecular formula is C22H18FN3O3. The minimum atomic E-state index is -0.388. The normalized spacial score (nSPS) is 10.5. The van der Waals surface area contributed by atoms with Gasteiger partial charge in [0, 0.05) is 16.8 Å². The average molecular weight is 391 g/mol. The zero-order chi connectivity index (χ0) is 20.5. The van der Waals surface area contributed by atoms with Crippen LogP contribution in [0, 0.1) is 5.82 Å². The van der Waals surface area contributed by atoms with Crippen LogP contribution < -0.4 is 15.5 Å². The Morgan fingerprint density at radius 2 is 1.62 bits per heavy atom. The van der Waals surface area contributed by atoms with Crippen molar-refractivity contribution in [3.63, 3.8) is 0 Å². The van der Waals surface area contributed by atoms with E-state index >= 15 is 0 Å². The number of ether oxygens (including phenoxy) is 1. The second-order valence-electron chi connectivity index (χ2n) is 5.95. The van der Waals surface area contributed by atoms with E-state index in [0.29, 0.717) is 22.6 Å². The van der Waals surface area contributed by atoms with Gasteiger partial charge in [0.15, 0.2) is 6.61 Å². The molecule has 0 spiro atoms. The van der Waals surface area contributed by atoms with Crippen LogP contribution in [0.2, 0.25) is 0 Å². The Bertz CT molecular complexity index is 1010. The highest BCUT2D eigenvalue weighted by atomic mass is 19.1. The van der Waals surface area contributed by atoms with Crippen LogP contribution in [0.1, 0.15) is 15.9 Å². The number of halogens is 1. The monoisotopic (exact) mass is 391 g/mol. The molecule has 29 heavy (non-hydrogen) atoms. The van der Waals surface area contributed by atoms with Gasteiger partial charge in [-0.25, -0.2) is 9.82 Å². The summed E-state index contributed by atoms with van der Waals surface area (Å²) in [6.45, 7) is -0.237. The highest BCUT2D eigenvalue weighted by Gasteiger charge is 2.07. The van der Waals surface area contributed by atoms with Gasteiger partial charge in [0.2, 0.25) is 0 Å². The summed E-state index contributed by atoms with van der Waals surface area (Å²) < 4.78 is 18.5. The van der Waals surface area contributed by atoms with E-state index in [1.807, 2.05) is 6.07 Å². The number of benzene rings is 3. The number of hydrogen-bond acceptors (Lipinski definition) is 4. The number of carbonyl (C=O) groups excluding carboxylic acids is 2. The lowest BCUT2D eigenvalue weighted by Crippen LogP contribution is -2.20. The minimum Gasteiger partial charge on any atom is -0.483 e. The van der Waals surface area contributed by atoms with E-state index < -0.39 is 0 Å². The van der Waals surface area contributed by atoms with Gasteiger partial charge in [-0.3, -0.25) is 9.59 Å². The molecule has 0 saturated carbocycles. The third kappa shape index (κ3) is 6.00. The molecule has 0 aliphatic heterocycles. The van der Waals surface area contributed by atoms with Crippen LogP contribution in [0.5, 0.6) is 5.75 Å². The van der Waals surface area contributed by atoms with Crippen molar-refractivity contribution in [2.45, 2.75) is 0 Å². The lowest BCUT2D eigenvalue weighted by atomic mass is 10.2. The summed E-state index contributed by atoms with van der Waals surface area (Å²) >= 11 is 0. The third-order valence-corrected chi connectivity index (χ3v) is 3.81. The van der Waals surface area contributed by atoms with Crippen LogP contribution in [-0.4, -0.2) is 24.6 Å². The maximum Gasteiger partial charge on any atom is 0.271 e. The third-order valence-electron chi connectivity index (χ3n) is 3.81. The van der Waals surface area contributed by atoms with E-state index in [2.05, 4.69) is 15.8 Å². The Hall–Kier alpha value is -4.00. The molecule has 0 radical (unpaired) electrons. The van der Waals surface area contributed by atoms with Gasteiger partial charge in [0.1, 0.15) is 11.6 Å². The summed E-state index contributed by atoms with van der Waals surface area (Å²) in [6, 6.07) is 21.1. The standard InChI is InChI=1S/C22H18FN3O3/c23-18-10-12-19(13-11-18)25-21(27)15-29-20-9-5-4-8-17(20)14-24-26-22(28)16-6-2-1-3-7-16/h1-14H,15H2,(H,25,27)(H,26,28). The lowest BCUT2D eigenvalue weighted by Gasteiger charge is -2.09. The maximum absolute atomic E-state index is 12.9. The molecule has 2 N–H and O–H groups in total. The first-order chi connectivity index (χ1) is 14.1. The SMILES string of the molecule is O=C(COc1ccccc1C=NNC(=O)c1ccccc1)Nc1ccc(F)cc1. The van der Waals surface area contributed by atoms with E-state index in [1.54, 1.807) is 48.5 Å². The Labute approximate surface area is 167 Å². The number of nitrogens with one attached hydrogen (secondary N) is 2. The molecule has 0 fully saturated rings. The first-order valence-electron chi connectivity index (χ1n) is 8.77. The fraction of sp³-hybridized carbons (Fsp3) is 0.0455. The number of hydrazone groups is 1. The molecule has 0 aliphatic carbocycles. The predicted octanol–water partition coefficient (Wildman–Crippen LogP) is 3.61. The second-order valence-corrected chi connectivity index (χ2v) is 5.95. The molecule has 0 heterocycles. The van der Waals surface area contributed by atoms with Crippen molar-refractivity contribution in [3.8, 4) is 5.75 Å². The number of hydrogen-bond donors (Lipinski definition) is 2. The van der Waals surface area contributed by atoms with Crippen LogP contribution in [0.3, 0.4) is 0 Å². The van der Waals surface area contributed by atoms with Crippen molar-refractivity contribution in [3.05, 3.63) is 95.8 Å².